The van der Waals surface area contributed by atoms with Gasteiger partial charge in [-0.2, -0.15) is 0 Å². The van der Waals surface area contributed by atoms with Crippen LogP contribution in [0.5, 0.6) is 0 Å². The van der Waals surface area contributed by atoms with E-state index in [0.717, 1.165) is 16.7 Å². The molecule has 31 heavy (non-hydrogen) atoms. The zero-order valence-corrected chi connectivity index (χ0v) is 19.2. The van der Waals surface area contributed by atoms with Crippen LogP contribution >= 0.6 is 0 Å². The molecule has 0 spiro atoms. The van der Waals surface area contributed by atoms with E-state index in [1.165, 1.54) is 0 Å². The number of esters is 2. The van der Waals surface area contributed by atoms with Gasteiger partial charge in [0, 0.05) is 17.6 Å². The van der Waals surface area contributed by atoms with E-state index >= 15 is 0 Å². The third-order valence-electron chi connectivity index (χ3n) is 6.17. The molecule has 6 heteroatoms. The molecule has 3 aliphatic heterocycles. The lowest BCUT2D eigenvalue weighted by molar-refractivity contribution is -0.233. The molecule has 0 aromatic rings. The second-order valence-electron chi connectivity index (χ2n) is 9.38. The fourth-order valence-corrected chi connectivity index (χ4v) is 4.19. The Hall–Kier alpha value is -2.44. The highest BCUT2D eigenvalue weighted by Gasteiger charge is 2.55. The third-order valence-corrected chi connectivity index (χ3v) is 6.17. The smallest absolute Gasteiger partial charge is 0.334 e. The molecular weight excluding hydrogens is 396 g/mol. The summed E-state index contributed by atoms with van der Waals surface area (Å²) in [6.07, 6.45) is 2.29. The average Bonchev–Trinajstić information content (AvgIpc) is 3.10. The molecule has 3 rings (SSSR count). The van der Waals surface area contributed by atoms with Gasteiger partial charge in [-0.3, -0.25) is 0 Å². The van der Waals surface area contributed by atoms with Gasteiger partial charge in [0.25, 0.3) is 0 Å². The van der Waals surface area contributed by atoms with Crippen molar-refractivity contribution in [1.82, 2.24) is 0 Å². The maximum absolute atomic E-state index is 12.5. The van der Waals surface area contributed by atoms with Crippen LogP contribution in [0.1, 0.15) is 48.0 Å². The van der Waals surface area contributed by atoms with Crippen molar-refractivity contribution in [2.45, 2.75) is 77.7 Å². The van der Waals surface area contributed by atoms with Gasteiger partial charge < -0.3 is 18.9 Å². The van der Waals surface area contributed by atoms with Crippen molar-refractivity contribution in [3.05, 3.63) is 59.8 Å². The molecule has 1 saturated heterocycles. The predicted molar refractivity (Wildman–Crippen MR) is 117 cm³/mol. The molecule has 0 aliphatic carbocycles. The highest BCUT2D eigenvalue weighted by Crippen LogP contribution is 2.46. The molecule has 0 amide bonds. The Labute approximate surface area is 184 Å². The van der Waals surface area contributed by atoms with E-state index in [-0.39, 0.29) is 11.1 Å². The Balaban J connectivity index is 2.08. The van der Waals surface area contributed by atoms with Gasteiger partial charge in [-0.15, -0.1) is 0 Å². The van der Waals surface area contributed by atoms with Crippen LogP contribution in [0.25, 0.3) is 0 Å². The second-order valence-corrected chi connectivity index (χ2v) is 9.38. The largest absolute Gasteiger partial charge is 0.458 e. The first-order valence-electron chi connectivity index (χ1n) is 10.4. The highest BCUT2D eigenvalue weighted by molar-refractivity contribution is 5.91. The standard InChI is InChI=1S/C25H32O6/c1-13(2)22(26)28-18-10-15(5)11-25(31-24(8,9)14(3)4)12-16(6)20(30-25)21-19(18)17(7)23(27)29-21/h11-12,18-21H,1,3,7,10H2,2,4-6,8-9H3/t18-,19+,20-,21-,25+/m0/s1. The van der Waals surface area contributed by atoms with Crippen LogP contribution in [0.4, 0.5) is 0 Å². The van der Waals surface area contributed by atoms with E-state index in [2.05, 4.69) is 19.7 Å². The van der Waals surface area contributed by atoms with Gasteiger partial charge in [-0.1, -0.05) is 25.3 Å². The SMILES string of the molecule is C=C(C)C(=O)O[C@H]1CC(C)=C[C@@]2(OC(C)(C)C(=C)C)C=C(C)[C@H](O2)[C@H]2OC(=O)C(=C)[C@@H]21. The van der Waals surface area contributed by atoms with Gasteiger partial charge in [0.05, 0.1) is 11.5 Å². The molecule has 3 heterocycles. The Morgan fingerprint density at radius 2 is 1.87 bits per heavy atom. The van der Waals surface area contributed by atoms with Crippen molar-refractivity contribution in [3.63, 3.8) is 0 Å². The lowest BCUT2D eigenvalue weighted by atomic mass is 9.83. The number of carbonyl (C=O) groups excluding carboxylic acids is 2. The molecule has 0 aromatic carbocycles. The minimum atomic E-state index is -1.16. The van der Waals surface area contributed by atoms with Gasteiger partial charge in [0.15, 0.2) is 0 Å². The van der Waals surface area contributed by atoms with Crippen molar-refractivity contribution >= 4 is 11.9 Å². The van der Waals surface area contributed by atoms with Gasteiger partial charge >= 0.3 is 11.9 Å². The van der Waals surface area contributed by atoms with Crippen molar-refractivity contribution < 1.29 is 28.5 Å². The molecule has 0 radical (unpaired) electrons. The summed E-state index contributed by atoms with van der Waals surface area (Å²) in [7, 11) is 0. The summed E-state index contributed by atoms with van der Waals surface area (Å²) in [5, 5.41) is 0. The van der Waals surface area contributed by atoms with Crippen LogP contribution < -0.4 is 0 Å². The number of carbonyl (C=O) groups is 2. The summed E-state index contributed by atoms with van der Waals surface area (Å²) < 4.78 is 24.3. The van der Waals surface area contributed by atoms with Gasteiger partial charge in [-0.25, -0.2) is 9.59 Å². The van der Waals surface area contributed by atoms with Gasteiger partial charge in [0.2, 0.25) is 5.79 Å². The summed E-state index contributed by atoms with van der Waals surface area (Å²) >= 11 is 0. The Morgan fingerprint density at radius 3 is 2.45 bits per heavy atom. The van der Waals surface area contributed by atoms with Gasteiger partial charge in [0.1, 0.15) is 18.3 Å². The van der Waals surface area contributed by atoms with Crippen LogP contribution in [-0.2, 0) is 28.5 Å². The minimum Gasteiger partial charge on any atom is -0.458 e. The average molecular weight is 429 g/mol. The molecule has 0 saturated carbocycles. The molecule has 5 atom stereocenters. The number of hydrogen-bond acceptors (Lipinski definition) is 6. The molecule has 0 aromatic heterocycles. The van der Waals surface area contributed by atoms with Crippen LogP contribution in [0.15, 0.2) is 59.8 Å². The fraction of sp³-hybridized carbons (Fsp3) is 0.520. The van der Waals surface area contributed by atoms with E-state index in [1.54, 1.807) is 6.92 Å². The lowest BCUT2D eigenvalue weighted by Gasteiger charge is -2.37. The molecular formula is C25H32O6. The second kappa shape index (κ2) is 7.92. The number of rotatable bonds is 5. The predicted octanol–water partition coefficient (Wildman–Crippen LogP) is 4.33. The zero-order valence-electron chi connectivity index (χ0n) is 19.2. The summed E-state index contributed by atoms with van der Waals surface area (Å²) in [4.78, 5) is 24.8. The van der Waals surface area contributed by atoms with E-state index < -0.39 is 47.6 Å². The van der Waals surface area contributed by atoms with Crippen LogP contribution in [0.3, 0.4) is 0 Å². The quantitative estimate of drug-likeness (QED) is 0.369. The highest BCUT2D eigenvalue weighted by atomic mass is 16.7. The number of fused-ring (bicyclic) bond motifs is 4. The number of hydrogen-bond donors (Lipinski definition) is 0. The van der Waals surface area contributed by atoms with Crippen LogP contribution in [-0.4, -0.2) is 41.6 Å². The van der Waals surface area contributed by atoms with E-state index in [0.29, 0.717) is 6.42 Å². The third kappa shape index (κ3) is 4.32. The Morgan fingerprint density at radius 1 is 1.23 bits per heavy atom. The number of ether oxygens (including phenoxy) is 4. The zero-order chi connectivity index (χ0) is 23.3. The molecule has 0 unspecified atom stereocenters. The molecule has 1 fully saturated rings. The topological polar surface area (TPSA) is 71.1 Å². The lowest BCUT2D eigenvalue weighted by Crippen LogP contribution is -2.44. The Kier molecular flexibility index (Phi) is 5.93. The Bertz CT molecular complexity index is 920. The van der Waals surface area contributed by atoms with E-state index in [4.69, 9.17) is 18.9 Å². The van der Waals surface area contributed by atoms with Crippen LogP contribution in [0, 0.1) is 5.92 Å². The first-order valence-corrected chi connectivity index (χ1v) is 10.4. The summed E-state index contributed by atoms with van der Waals surface area (Å²) in [6.45, 7) is 22.8. The van der Waals surface area contributed by atoms with Crippen molar-refractivity contribution in [3.8, 4) is 0 Å². The summed E-state index contributed by atoms with van der Waals surface area (Å²) in [5.74, 6) is -2.73. The minimum absolute atomic E-state index is 0.274. The summed E-state index contributed by atoms with van der Waals surface area (Å²) in [5.41, 5.74) is 2.48. The first-order chi connectivity index (χ1) is 14.3. The summed E-state index contributed by atoms with van der Waals surface area (Å²) in [6, 6.07) is 0. The van der Waals surface area contributed by atoms with E-state index in [1.807, 2.05) is 46.8 Å². The van der Waals surface area contributed by atoms with Crippen molar-refractivity contribution in [2.24, 2.45) is 5.92 Å². The van der Waals surface area contributed by atoms with Crippen molar-refractivity contribution in [1.29, 1.82) is 0 Å². The maximum atomic E-state index is 12.5. The molecule has 0 N–H and O–H groups in total. The van der Waals surface area contributed by atoms with E-state index in [9.17, 15) is 9.59 Å². The maximum Gasteiger partial charge on any atom is 0.334 e. The van der Waals surface area contributed by atoms with Crippen molar-refractivity contribution in [2.75, 3.05) is 0 Å². The fourth-order valence-electron chi connectivity index (χ4n) is 4.19. The molecule has 6 nitrogen and oxygen atoms in total. The monoisotopic (exact) mass is 428 g/mol. The molecule has 2 bridgehead atoms. The molecule has 3 aliphatic rings. The van der Waals surface area contributed by atoms with Crippen LogP contribution in [0.2, 0.25) is 0 Å². The molecule has 168 valence electrons. The first kappa shape index (κ1) is 23.2. The normalized spacial score (nSPS) is 32.7. The van der Waals surface area contributed by atoms with Gasteiger partial charge in [-0.05, 0) is 64.8 Å².